The quantitative estimate of drug-likeness (QED) is 0.891. The summed E-state index contributed by atoms with van der Waals surface area (Å²) in [5.74, 6) is 0.799. The van der Waals surface area contributed by atoms with E-state index in [2.05, 4.69) is 22.1 Å². The summed E-state index contributed by atoms with van der Waals surface area (Å²) >= 11 is 7.59. The molecule has 0 spiro atoms. The number of hydrogen-bond acceptors (Lipinski definition) is 3. The van der Waals surface area contributed by atoms with Crippen LogP contribution in [0.15, 0.2) is 41.1 Å². The molecule has 0 radical (unpaired) electrons. The normalized spacial score (nSPS) is 12.4. The number of hydrogen-bond donors (Lipinski definition) is 1. The first-order valence-electron chi connectivity index (χ1n) is 5.37. The molecule has 0 aliphatic heterocycles. The van der Waals surface area contributed by atoms with Gasteiger partial charge in [-0.25, -0.2) is 0 Å². The number of rotatable bonds is 5. The van der Waals surface area contributed by atoms with Crippen molar-refractivity contribution in [2.75, 3.05) is 13.7 Å². The molecule has 0 fully saturated rings. The molecule has 0 saturated carbocycles. The maximum Gasteiger partial charge on any atom is 0.120 e. The molecule has 0 aliphatic carbocycles. The number of benzene rings is 1. The highest BCUT2D eigenvalue weighted by molar-refractivity contribution is 7.07. The zero-order valence-corrected chi connectivity index (χ0v) is 11.1. The van der Waals surface area contributed by atoms with E-state index >= 15 is 0 Å². The zero-order valence-electron chi connectivity index (χ0n) is 9.52. The number of likely N-dealkylation sites (N-methyl/N-ethyl adjacent to an activating group) is 1. The van der Waals surface area contributed by atoms with E-state index in [1.165, 1.54) is 5.56 Å². The van der Waals surface area contributed by atoms with E-state index in [-0.39, 0.29) is 6.04 Å². The molecule has 1 aromatic carbocycles. The van der Waals surface area contributed by atoms with Crippen LogP contribution in [-0.4, -0.2) is 13.7 Å². The van der Waals surface area contributed by atoms with E-state index in [1.807, 2.05) is 31.3 Å². The predicted octanol–water partition coefficient (Wildman–Crippen LogP) is 3.74. The van der Waals surface area contributed by atoms with Crippen molar-refractivity contribution >= 4 is 22.9 Å². The topological polar surface area (TPSA) is 21.3 Å². The molecule has 4 heteroatoms. The molecule has 1 atom stereocenters. The molecule has 1 heterocycles. The van der Waals surface area contributed by atoms with E-state index in [0.717, 1.165) is 5.75 Å². The molecule has 0 bridgehead atoms. The molecule has 17 heavy (non-hydrogen) atoms. The largest absolute Gasteiger partial charge is 0.492 e. The standard InChI is InChI=1S/C13H14ClNOS/c1-15-13(10-5-6-17-9-10)8-16-12-4-2-3-11(14)7-12/h2-7,9,13,15H,8H2,1H3. The predicted molar refractivity (Wildman–Crippen MR) is 73.1 cm³/mol. The lowest BCUT2D eigenvalue weighted by Gasteiger charge is -2.16. The van der Waals surface area contributed by atoms with Crippen LogP contribution in [0.5, 0.6) is 5.75 Å². The maximum absolute atomic E-state index is 5.90. The molecule has 1 N–H and O–H groups in total. The molecular weight excluding hydrogens is 254 g/mol. The van der Waals surface area contributed by atoms with Gasteiger partial charge in [0.2, 0.25) is 0 Å². The first-order chi connectivity index (χ1) is 8.29. The Morgan fingerprint density at radius 2 is 2.29 bits per heavy atom. The van der Waals surface area contributed by atoms with Crippen molar-refractivity contribution in [1.29, 1.82) is 0 Å². The van der Waals surface area contributed by atoms with Gasteiger partial charge in [0.1, 0.15) is 12.4 Å². The second-order valence-corrected chi connectivity index (χ2v) is 4.88. The fourth-order valence-electron chi connectivity index (χ4n) is 1.56. The summed E-state index contributed by atoms with van der Waals surface area (Å²) in [4.78, 5) is 0. The van der Waals surface area contributed by atoms with Crippen LogP contribution in [0.3, 0.4) is 0 Å². The molecule has 0 saturated heterocycles. The molecule has 2 rings (SSSR count). The van der Waals surface area contributed by atoms with Crippen molar-refractivity contribution < 1.29 is 4.74 Å². The van der Waals surface area contributed by atoms with Crippen LogP contribution >= 0.6 is 22.9 Å². The lowest BCUT2D eigenvalue weighted by molar-refractivity contribution is 0.273. The van der Waals surface area contributed by atoms with Gasteiger partial charge in [-0.3, -0.25) is 0 Å². The van der Waals surface area contributed by atoms with Crippen LogP contribution < -0.4 is 10.1 Å². The van der Waals surface area contributed by atoms with Crippen molar-refractivity contribution in [2.45, 2.75) is 6.04 Å². The molecule has 2 nitrogen and oxygen atoms in total. The first kappa shape index (κ1) is 12.4. The summed E-state index contributed by atoms with van der Waals surface area (Å²) in [7, 11) is 1.93. The first-order valence-corrected chi connectivity index (χ1v) is 6.69. The Morgan fingerprint density at radius 3 is 2.94 bits per heavy atom. The lowest BCUT2D eigenvalue weighted by Crippen LogP contribution is -2.22. The van der Waals surface area contributed by atoms with Crippen molar-refractivity contribution in [3.05, 3.63) is 51.7 Å². The third-order valence-electron chi connectivity index (χ3n) is 2.51. The SMILES string of the molecule is CNC(COc1cccc(Cl)c1)c1ccsc1. The fourth-order valence-corrected chi connectivity index (χ4v) is 2.45. The van der Waals surface area contributed by atoms with E-state index in [0.29, 0.717) is 11.6 Å². The molecule has 90 valence electrons. The summed E-state index contributed by atoms with van der Waals surface area (Å²) in [5, 5.41) is 8.13. The van der Waals surface area contributed by atoms with Gasteiger partial charge in [0.05, 0.1) is 6.04 Å². The molecule has 1 aromatic heterocycles. The van der Waals surface area contributed by atoms with E-state index in [9.17, 15) is 0 Å². The van der Waals surface area contributed by atoms with Crippen molar-refractivity contribution in [2.24, 2.45) is 0 Å². The highest BCUT2D eigenvalue weighted by Crippen LogP contribution is 2.20. The van der Waals surface area contributed by atoms with Gasteiger partial charge in [-0.15, -0.1) is 0 Å². The Kier molecular flexibility index (Phi) is 4.42. The number of nitrogens with one attached hydrogen (secondary N) is 1. The van der Waals surface area contributed by atoms with Crippen molar-refractivity contribution in [1.82, 2.24) is 5.32 Å². The Labute approximate surface area is 110 Å². The highest BCUT2D eigenvalue weighted by Gasteiger charge is 2.10. The molecule has 0 aliphatic rings. The highest BCUT2D eigenvalue weighted by atomic mass is 35.5. The second-order valence-electron chi connectivity index (χ2n) is 3.67. The minimum atomic E-state index is 0.209. The number of halogens is 1. The van der Waals surface area contributed by atoms with Crippen LogP contribution in [0.2, 0.25) is 5.02 Å². The van der Waals surface area contributed by atoms with Crippen molar-refractivity contribution in [3.8, 4) is 5.75 Å². The summed E-state index contributed by atoms with van der Waals surface area (Å²) in [6.07, 6.45) is 0. The Bertz CT molecular complexity index is 458. The molecule has 0 amide bonds. The van der Waals surface area contributed by atoms with E-state index in [1.54, 1.807) is 11.3 Å². The summed E-state index contributed by atoms with van der Waals surface area (Å²) < 4.78 is 5.72. The fraction of sp³-hybridized carbons (Fsp3) is 0.231. The van der Waals surface area contributed by atoms with Gasteiger partial charge in [0.15, 0.2) is 0 Å². The van der Waals surface area contributed by atoms with Crippen molar-refractivity contribution in [3.63, 3.8) is 0 Å². The van der Waals surface area contributed by atoms with Crippen LogP contribution in [0.25, 0.3) is 0 Å². The van der Waals surface area contributed by atoms with Gasteiger partial charge in [0.25, 0.3) is 0 Å². The second kappa shape index (κ2) is 6.05. The Balaban J connectivity index is 1.97. The Hall–Kier alpha value is -1.03. The van der Waals surface area contributed by atoms with Gasteiger partial charge in [0, 0.05) is 5.02 Å². The van der Waals surface area contributed by atoms with Gasteiger partial charge < -0.3 is 10.1 Å². The minimum absolute atomic E-state index is 0.209. The Morgan fingerprint density at radius 1 is 1.41 bits per heavy atom. The summed E-state index contributed by atoms with van der Waals surface area (Å²) in [6, 6.07) is 9.76. The minimum Gasteiger partial charge on any atom is -0.492 e. The molecule has 1 unspecified atom stereocenters. The lowest BCUT2D eigenvalue weighted by atomic mass is 10.2. The van der Waals surface area contributed by atoms with E-state index in [4.69, 9.17) is 16.3 Å². The van der Waals surface area contributed by atoms with Crippen LogP contribution in [0, 0.1) is 0 Å². The van der Waals surface area contributed by atoms with Crippen LogP contribution in [-0.2, 0) is 0 Å². The van der Waals surface area contributed by atoms with Crippen LogP contribution in [0.1, 0.15) is 11.6 Å². The average Bonchev–Trinajstić information content (AvgIpc) is 2.84. The maximum atomic E-state index is 5.90. The van der Waals surface area contributed by atoms with Gasteiger partial charge >= 0.3 is 0 Å². The number of thiophene rings is 1. The summed E-state index contributed by atoms with van der Waals surface area (Å²) in [6.45, 7) is 0.591. The third kappa shape index (κ3) is 3.46. The molecule has 2 aromatic rings. The number of ether oxygens (including phenoxy) is 1. The third-order valence-corrected chi connectivity index (χ3v) is 3.44. The average molecular weight is 268 g/mol. The monoisotopic (exact) mass is 267 g/mol. The van der Waals surface area contributed by atoms with Gasteiger partial charge in [-0.2, -0.15) is 11.3 Å². The molecular formula is C13H14ClNOS. The van der Waals surface area contributed by atoms with Crippen LogP contribution in [0.4, 0.5) is 0 Å². The smallest absolute Gasteiger partial charge is 0.120 e. The van der Waals surface area contributed by atoms with Gasteiger partial charge in [-0.1, -0.05) is 17.7 Å². The van der Waals surface area contributed by atoms with Gasteiger partial charge in [-0.05, 0) is 47.6 Å². The van der Waals surface area contributed by atoms with E-state index < -0.39 is 0 Å². The summed E-state index contributed by atoms with van der Waals surface area (Å²) in [5.41, 5.74) is 1.25. The zero-order chi connectivity index (χ0) is 12.1.